The maximum Gasteiger partial charge on any atom is 0.152 e. The Labute approximate surface area is 94.0 Å². The highest BCUT2D eigenvalue weighted by atomic mass is 28.3. The molecule has 0 aliphatic rings. The van der Waals surface area contributed by atoms with E-state index in [1.165, 1.54) is 0 Å². The topological polar surface area (TPSA) is 38.0 Å². The summed E-state index contributed by atoms with van der Waals surface area (Å²) in [5.41, 5.74) is 7.72. The van der Waals surface area contributed by atoms with Gasteiger partial charge in [0.05, 0.1) is 0 Å². The third kappa shape index (κ3) is 2.99. The van der Waals surface area contributed by atoms with Gasteiger partial charge in [0.1, 0.15) is 0 Å². The average Bonchev–Trinajstić information content (AvgIpc) is 2.00. The SMILES string of the molecule is CC(C)(C)[Si](C)(C)Nc1cccc(N)c1. The zero-order valence-electron chi connectivity index (χ0n) is 10.4. The molecule has 0 unspecified atom stereocenters. The molecule has 0 fully saturated rings. The number of nitrogens with one attached hydrogen (secondary N) is 1. The third-order valence-corrected chi connectivity index (χ3v) is 7.88. The van der Waals surface area contributed by atoms with Crippen LogP contribution in [0.3, 0.4) is 0 Å². The first-order valence-electron chi connectivity index (χ1n) is 5.36. The van der Waals surface area contributed by atoms with E-state index in [-0.39, 0.29) is 0 Å². The van der Waals surface area contributed by atoms with Crippen LogP contribution in [0.15, 0.2) is 24.3 Å². The second-order valence-corrected chi connectivity index (χ2v) is 10.6. The average molecular weight is 222 g/mol. The van der Waals surface area contributed by atoms with Crippen molar-refractivity contribution in [2.24, 2.45) is 0 Å². The van der Waals surface area contributed by atoms with E-state index >= 15 is 0 Å². The quantitative estimate of drug-likeness (QED) is 0.591. The van der Waals surface area contributed by atoms with E-state index in [4.69, 9.17) is 5.73 Å². The van der Waals surface area contributed by atoms with Crippen LogP contribution in [0, 0.1) is 0 Å². The Balaban J connectivity index is 2.87. The van der Waals surface area contributed by atoms with E-state index in [0.29, 0.717) is 5.04 Å². The first-order chi connectivity index (χ1) is 6.72. The Kier molecular flexibility index (Phi) is 3.14. The molecule has 1 aromatic carbocycles. The molecule has 0 aliphatic carbocycles. The third-order valence-electron chi connectivity index (χ3n) is 3.22. The summed E-state index contributed by atoms with van der Waals surface area (Å²) >= 11 is 0. The van der Waals surface area contributed by atoms with E-state index in [9.17, 15) is 0 Å². The van der Waals surface area contributed by atoms with E-state index < -0.39 is 8.24 Å². The molecule has 0 spiro atoms. The fraction of sp³-hybridized carbons (Fsp3) is 0.500. The van der Waals surface area contributed by atoms with Gasteiger partial charge in [-0.1, -0.05) is 39.9 Å². The van der Waals surface area contributed by atoms with Crippen molar-refractivity contribution in [3.63, 3.8) is 0 Å². The molecule has 15 heavy (non-hydrogen) atoms. The minimum absolute atomic E-state index is 0.331. The van der Waals surface area contributed by atoms with Crippen molar-refractivity contribution >= 4 is 19.6 Å². The summed E-state index contributed by atoms with van der Waals surface area (Å²) in [5.74, 6) is 0. The summed E-state index contributed by atoms with van der Waals surface area (Å²) < 4.78 is 0. The maximum absolute atomic E-state index is 5.76. The monoisotopic (exact) mass is 222 g/mol. The second kappa shape index (κ2) is 3.89. The first kappa shape index (κ1) is 12.1. The Morgan fingerprint density at radius 2 is 1.80 bits per heavy atom. The smallest absolute Gasteiger partial charge is 0.152 e. The van der Waals surface area contributed by atoms with Gasteiger partial charge in [-0.05, 0) is 23.2 Å². The molecule has 0 saturated heterocycles. The number of hydrogen-bond donors (Lipinski definition) is 2. The number of nitrogens with two attached hydrogens (primary N) is 1. The molecule has 0 radical (unpaired) electrons. The van der Waals surface area contributed by atoms with E-state index in [1.807, 2.05) is 18.2 Å². The molecule has 0 aromatic heterocycles. The van der Waals surface area contributed by atoms with Gasteiger partial charge in [-0.15, -0.1) is 0 Å². The molecular formula is C12H22N2Si. The molecule has 3 N–H and O–H groups in total. The van der Waals surface area contributed by atoms with Crippen molar-refractivity contribution < 1.29 is 0 Å². The van der Waals surface area contributed by atoms with Gasteiger partial charge >= 0.3 is 0 Å². The van der Waals surface area contributed by atoms with E-state index in [2.05, 4.69) is 44.9 Å². The summed E-state index contributed by atoms with van der Waals surface area (Å²) in [6.07, 6.45) is 0. The Hall–Kier alpha value is -0.963. The van der Waals surface area contributed by atoms with Crippen molar-refractivity contribution in [3.8, 4) is 0 Å². The highest BCUT2D eigenvalue weighted by Crippen LogP contribution is 2.36. The van der Waals surface area contributed by atoms with Gasteiger partial charge in [0, 0.05) is 11.4 Å². The maximum atomic E-state index is 5.76. The lowest BCUT2D eigenvalue weighted by Gasteiger charge is -2.38. The van der Waals surface area contributed by atoms with Crippen LogP contribution >= 0.6 is 0 Å². The van der Waals surface area contributed by atoms with E-state index in [0.717, 1.165) is 11.4 Å². The largest absolute Gasteiger partial charge is 0.410 e. The number of nitrogen functional groups attached to an aromatic ring is 1. The van der Waals surface area contributed by atoms with Gasteiger partial charge in [-0.2, -0.15) is 0 Å². The second-order valence-electron chi connectivity index (χ2n) is 5.63. The minimum Gasteiger partial charge on any atom is -0.410 e. The Morgan fingerprint density at radius 3 is 2.27 bits per heavy atom. The van der Waals surface area contributed by atoms with Crippen molar-refractivity contribution in [2.45, 2.75) is 38.9 Å². The van der Waals surface area contributed by atoms with Crippen molar-refractivity contribution in [3.05, 3.63) is 24.3 Å². The number of anilines is 2. The fourth-order valence-electron chi connectivity index (χ4n) is 1.16. The zero-order chi connectivity index (χ0) is 11.7. The van der Waals surface area contributed by atoms with Gasteiger partial charge in [0.2, 0.25) is 0 Å². The molecule has 0 saturated carbocycles. The van der Waals surface area contributed by atoms with Crippen LogP contribution in [0.5, 0.6) is 0 Å². The van der Waals surface area contributed by atoms with Crippen molar-refractivity contribution in [1.29, 1.82) is 0 Å². The molecule has 0 atom stereocenters. The predicted octanol–water partition coefficient (Wildman–Crippen LogP) is 3.69. The summed E-state index contributed by atoms with van der Waals surface area (Å²) in [4.78, 5) is 3.66. The van der Waals surface area contributed by atoms with Crippen molar-refractivity contribution in [2.75, 3.05) is 10.7 Å². The molecule has 0 amide bonds. The molecule has 1 rings (SSSR count). The predicted molar refractivity (Wildman–Crippen MR) is 71.7 cm³/mol. The zero-order valence-corrected chi connectivity index (χ0v) is 11.4. The van der Waals surface area contributed by atoms with Gasteiger partial charge in [-0.3, -0.25) is 0 Å². The Morgan fingerprint density at radius 1 is 1.20 bits per heavy atom. The van der Waals surface area contributed by atoms with Gasteiger partial charge in [0.25, 0.3) is 0 Å². The molecule has 0 heterocycles. The van der Waals surface area contributed by atoms with Gasteiger partial charge in [-0.25, -0.2) is 0 Å². The summed E-state index contributed by atoms with van der Waals surface area (Å²) in [6, 6.07) is 7.99. The van der Waals surface area contributed by atoms with Crippen LogP contribution in [0.4, 0.5) is 11.4 Å². The number of hydrogen-bond acceptors (Lipinski definition) is 2. The van der Waals surface area contributed by atoms with Gasteiger partial charge in [0.15, 0.2) is 8.24 Å². The number of rotatable bonds is 2. The van der Waals surface area contributed by atoms with Crippen LogP contribution in [-0.4, -0.2) is 8.24 Å². The highest BCUT2D eigenvalue weighted by Gasteiger charge is 2.35. The van der Waals surface area contributed by atoms with Crippen molar-refractivity contribution in [1.82, 2.24) is 0 Å². The molecule has 0 aliphatic heterocycles. The first-order valence-corrected chi connectivity index (χ1v) is 8.36. The van der Waals surface area contributed by atoms with E-state index in [1.54, 1.807) is 0 Å². The fourth-order valence-corrected chi connectivity index (χ4v) is 2.42. The van der Waals surface area contributed by atoms with Crippen LogP contribution in [0.2, 0.25) is 18.1 Å². The summed E-state index contributed by atoms with van der Waals surface area (Å²) in [5, 5.41) is 0.331. The molecule has 0 bridgehead atoms. The minimum atomic E-state index is -1.47. The lowest BCUT2D eigenvalue weighted by Crippen LogP contribution is -2.45. The highest BCUT2D eigenvalue weighted by molar-refractivity contribution is 6.83. The summed E-state index contributed by atoms with van der Waals surface area (Å²) in [6.45, 7) is 11.6. The molecule has 3 heteroatoms. The van der Waals surface area contributed by atoms with Crippen LogP contribution < -0.4 is 10.7 Å². The van der Waals surface area contributed by atoms with Crippen LogP contribution in [0.1, 0.15) is 20.8 Å². The number of benzene rings is 1. The lowest BCUT2D eigenvalue weighted by atomic mass is 10.2. The lowest BCUT2D eigenvalue weighted by molar-refractivity contribution is 0.723. The molecular weight excluding hydrogens is 200 g/mol. The standard InChI is InChI=1S/C12H22N2Si/c1-12(2,3)15(4,5)14-11-8-6-7-10(13)9-11/h6-9,14H,13H2,1-5H3. The molecule has 84 valence electrons. The molecule has 2 nitrogen and oxygen atoms in total. The van der Waals surface area contributed by atoms with Gasteiger partial charge < -0.3 is 10.7 Å². The summed E-state index contributed by atoms with van der Waals surface area (Å²) in [7, 11) is -1.47. The molecule has 1 aromatic rings. The van der Waals surface area contributed by atoms with Crippen LogP contribution in [0.25, 0.3) is 0 Å². The normalized spacial score (nSPS) is 12.6. The van der Waals surface area contributed by atoms with Crippen LogP contribution in [-0.2, 0) is 0 Å². The Bertz CT molecular complexity index is 340.